The number of guanidine groups is 1. The lowest BCUT2D eigenvalue weighted by molar-refractivity contribution is 0.0527. The van der Waals surface area contributed by atoms with Crippen LogP contribution in [0, 0.1) is 0 Å². The summed E-state index contributed by atoms with van der Waals surface area (Å²) in [5, 5.41) is 11.6. The maximum absolute atomic E-state index is 11.6. The number of hydrogen-bond acceptors (Lipinski definition) is 4. The van der Waals surface area contributed by atoms with Crippen molar-refractivity contribution < 1.29 is 14.3 Å². The molecule has 3 N–H and O–H groups in total. The zero-order chi connectivity index (χ0) is 21.3. The van der Waals surface area contributed by atoms with Crippen molar-refractivity contribution in [3.8, 4) is 5.75 Å². The molecule has 158 valence electrons. The molecular formula is C22H32N4O3. The molecule has 2 rings (SSSR count). The van der Waals surface area contributed by atoms with Crippen LogP contribution in [-0.4, -0.2) is 44.9 Å². The second kappa shape index (κ2) is 10.5. The lowest BCUT2D eigenvalue weighted by atomic mass is 10.1. The zero-order valence-electron chi connectivity index (χ0n) is 18.0. The Morgan fingerprint density at radius 3 is 2.38 bits per heavy atom. The smallest absolute Gasteiger partial charge is 0.407 e. The van der Waals surface area contributed by atoms with Crippen LogP contribution < -0.4 is 20.7 Å². The van der Waals surface area contributed by atoms with E-state index >= 15 is 0 Å². The Balaban J connectivity index is 1.73. The first-order valence-corrected chi connectivity index (χ1v) is 9.79. The molecule has 2 aromatic rings. The van der Waals surface area contributed by atoms with Crippen LogP contribution in [0.1, 0.15) is 32.8 Å². The molecule has 0 spiro atoms. The number of hydrogen-bond donors (Lipinski definition) is 3. The lowest BCUT2D eigenvalue weighted by Crippen LogP contribution is -2.39. The molecule has 0 atom stereocenters. The lowest BCUT2D eigenvalue weighted by Gasteiger charge is -2.19. The van der Waals surface area contributed by atoms with Crippen molar-refractivity contribution in [1.82, 2.24) is 16.0 Å². The number of ether oxygens (including phenoxy) is 2. The molecule has 7 nitrogen and oxygen atoms in total. The molecule has 0 aliphatic rings. The van der Waals surface area contributed by atoms with Crippen LogP contribution in [0.3, 0.4) is 0 Å². The van der Waals surface area contributed by atoms with Gasteiger partial charge < -0.3 is 25.4 Å². The van der Waals surface area contributed by atoms with E-state index in [1.165, 1.54) is 5.39 Å². The van der Waals surface area contributed by atoms with Crippen LogP contribution in [0.4, 0.5) is 4.79 Å². The first-order chi connectivity index (χ1) is 13.8. The number of benzene rings is 2. The predicted octanol–water partition coefficient (Wildman–Crippen LogP) is 3.43. The monoisotopic (exact) mass is 400 g/mol. The van der Waals surface area contributed by atoms with Gasteiger partial charge in [0.25, 0.3) is 0 Å². The first-order valence-electron chi connectivity index (χ1n) is 9.79. The number of nitrogens with one attached hydrogen (secondary N) is 3. The van der Waals surface area contributed by atoms with Gasteiger partial charge in [-0.15, -0.1) is 0 Å². The highest BCUT2D eigenvalue weighted by Crippen LogP contribution is 2.21. The van der Waals surface area contributed by atoms with E-state index in [0.29, 0.717) is 19.6 Å². The third-order valence-corrected chi connectivity index (χ3v) is 4.11. The van der Waals surface area contributed by atoms with E-state index in [-0.39, 0.29) is 0 Å². The number of amides is 1. The normalized spacial score (nSPS) is 11.8. The van der Waals surface area contributed by atoms with Gasteiger partial charge in [-0.1, -0.05) is 18.2 Å². The molecule has 0 saturated carbocycles. The Morgan fingerprint density at radius 1 is 1.00 bits per heavy atom. The van der Waals surface area contributed by atoms with Gasteiger partial charge in [0.2, 0.25) is 0 Å². The Labute approximate surface area is 172 Å². The van der Waals surface area contributed by atoms with Crippen LogP contribution >= 0.6 is 0 Å². The third kappa shape index (κ3) is 7.89. The van der Waals surface area contributed by atoms with E-state index in [2.05, 4.69) is 45.2 Å². The number of carbonyl (C=O) groups excluding carboxylic acids is 1. The summed E-state index contributed by atoms with van der Waals surface area (Å²) in [5.41, 5.74) is 0.681. The maximum Gasteiger partial charge on any atom is 0.407 e. The molecule has 0 fully saturated rings. The van der Waals surface area contributed by atoms with Crippen molar-refractivity contribution in [2.45, 2.75) is 39.3 Å². The van der Waals surface area contributed by atoms with Gasteiger partial charge >= 0.3 is 6.09 Å². The SMILES string of the molecule is CN=C(NCCCNC(=O)OC(C)(C)C)NCc1ccc2cc(OC)ccc2c1. The van der Waals surface area contributed by atoms with Crippen molar-refractivity contribution in [1.29, 1.82) is 0 Å². The molecule has 7 heteroatoms. The Hall–Kier alpha value is -2.96. The Bertz CT molecular complexity index is 844. The minimum atomic E-state index is -0.483. The number of fused-ring (bicyclic) bond motifs is 1. The van der Waals surface area contributed by atoms with E-state index in [0.717, 1.165) is 29.1 Å². The summed E-state index contributed by atoms with van der Waals surface area (Å²) >= 11 is 0. The zero-order valence-corrected chi connectivity index (χ0v) is 18.0. The number of nitrogens with zero attached hydrogens (tertiary/aromatic N) is 1. The fourth-order valence-electron chi connectivity index (χ4n) is 2.72. The minimum Gasteiger partial charge on any atom is -0.497 e. The highest BCUT2D eigenvalue weighted by atomic mass is 16.6. The minimum absolute atomic E-state index is 0.395. The van der Waals surface area contributed by atoms with Crippen molar-refractivity contribution in [3.63, 3.8) is 0 Å². The molecule has 1 amide bonds. The number of carbonyl (C=O) groups is 1. The van der Waals surface area contributed by atoms with E-state index in [1.807, 2.05) is 32.9 Å². The summed E-state index contributed by atoms with van der Waals surface area (Å²) in [6, 6.07) is 12.4. The van der Waals surface area contributed by atoms with Gasteiger partial charge in [0.1, 0.15) is 11.4 Å². The molecule has 0 radical (unpaired) electrons. The molecule has 0 aromatic heterocycles. The van der Waals surface area contributed by atoms with Crippen molar-refractivity contribution >= 4 is 22.8 Å². The number of methoxy groups -OCH3 is 1. The molecule has 2 aromatic carbocycles. The number of aliphatic imine (C=N–C) groups is 1. The molecule has 0 heterocycles. The topological polar surface area (TPSA) is 84.0 Å². The van der Waals surface area contributed by atoms with E-state index in [9.17, 15) is 4.79 Å². The van der Waals surface area contributed by atoms with Crippen LogP contribution in [0.15, 0.2) is 41.4 Å². The Kier molecular flexibility index (Phi) is 8.12. The summed E-state index contributed by atoms with van der Waals surface area (Å²) in [5.74, 6) is 1.58. The molecule has 0 bridgehead atoms. The average Bonchev–Trinajstić information content (AvgIpc) is 2.68. The molecular weight excluding hydrogens is 368 g/mol. The summed E-state index contributed by atoms with van der Waals surface area (Å²) < 4.78 is 10.5. The highest BCUT2D eigenvalue weighted by molar-refractivity contribution is 5.85. The van der Waals surface area contributed by atoms with Gasteiger partial charge in [0, 0.05) is 26.7 Å². The van der Waals surface area contributed by atoms with Gasteiger partial charge in [-0.2, -0.15) is 0 Å². The van der Waals surface area contributed by atoms with Crippen LogP contribution in [0.5, 0.6) is 5.75 Å². The van der Waals surface area contributed by atoms with E-state index < -0.39 is 11.7 Å². The van der Waals surface area contributed by atoms with Gasteiger partial charge in [0.15, 0.2) is 5.96 Å². The molecule has 0 saturated heterocycles. The number of rotatable bonds is 7. The van der Waals surface area contributed by atoms with Gasteiger partial charge in [-0.25, -0.2) is 4.79 Å². The van der Waals surface area contributed by atoms with E-state index in [1.54, 1.807) is 14.2 Å². The molecule has 0 unspecified atom stereocenters. The second-order valence-electron chi connectivity index (χ2n) is 7.68. The van der Waals surface area contributed by atoms with Crippen LogP contribution in [-0.2, 0) is 11.3 Å². The quantitative estimate of drug-likeness (QED) is 0.377. The average molecular weight is 401 g/mol. The summed E-state index contributed by atoms with van der Waals surface area (Å²) in [7, 11) is 3.41. The fraction of sp³-hybridized carbons (Fsp3) is 0.455. The van der Waals surface area contributed by atoms with Gasteiger partial charge in [0.05, 0.1) is 7.11 Å². The molecule has 0 aliphatic heterocycles. The van der Waals surface area contributed by atoms with Gasteiger partial charge in [-0.3, -0.25) is 4.99 Å². The van der Waals surface area contributed by atoms with Crippen molar-refractivity contribution in [2.24, 2.45) is 4.99 Å². The Morgan fingerprint density at radius 2 is 1.69 bits per heavy atom. The summed E-state index contributed by atoms with van der Waals surface area (Å²) in [6.45, 7) is 7.42. The second-order valence-corrected chi connectivity index (χ2v) is 7.68. The molecule has 0 aliphatic carbocycles. The fourth-order valence-corrected chi connectivity index (χ4v) is 2.72. The predicted molar refractivity (Wildman–Crippen MR) is 118 cm³/mol. The van der Waals surface area contributed by atoms with Crippen molar-refractivity contribution in [2.75, 3.05) is 27.2 Å². The summed E-state index contributed by atoms with van der Waals surface area (Å²) in [4.78, 5) is 15.8. The van der Waals surface area contributed by atoms with Crippen molar-refractivity contribution in [3.05, 3.63) is 42.0 Å². The van der Waals surface area contributed by atoms with Crippen LogP contribution in [0.25, 0.3) is 10.8 Å². The largest absolute Gasteiger partial charge is 0.497 e. The highest BCUT2D eigenvalue weighted by Gasteiger charge is 2.15. The third-order valence-electron chi connectivity index (χ3n) is 4.11. The van der Waals surface area contributed by atoms with Gasteiger partial charge in [-0.05, 0) is 61.7 Å². The standard InChI is InChI=1S/C22H32N4O3/c1-22(2,3)29-21(27)25-12-6-11-24-20(23-4)26-15-16-7-8-18-14-19(28-5)10-9-17(18)13-16/h7-10,13-14H,6,11-12,15H2,1-5H3,(H,25,27)(H2,23,24,26). The first kappa shape index (κ1) is 22.3. The maximum atomic E-state index is 11.6. The van der Waals surface area contributed by atoms with E-state index in [4.69, 9.17) is 9.47 Å². The molecule has 29 heavy (non-hydrogen) atoms. The summed E-state index contributed by atoms with van der Waals surface area (Å²) in [6.07, 6.45) is 0.367. The number of alkyl carbamates (subject to hydrolysis) is 1. The van der Waals surface area contributed by atoms with Crippen LogP contribution in [0.2, 0.25) is 0 Å².